The van der Waals surface area contributed by atoms with E-state index in [4.69, 9.17) is 16.7 Å². The fourth-order valence-electron chi connectivity index (χ4n) is 0.866. The van der Waals surface area contributed by atoms with Crippen molar-refractivity contribution in [2.24, 2.45) is 0 Å². The number of alkyl halides is 2. The number of carboxylic acids is 1. The number of aliphatic carboxylic acids is 1. The summed E-state index contributed by atoms with van der Waals surface area (Å²) in [7, 11) is 1.26. The molecule has 15 heavy (non-hydrogen) atoms. The van der Waals surface area contributed by atoms with Crippen molar-refractivity contribution in [3.05, 3.63) is 10.0 Å². The molecule has 0 saturated heterocycles. The van der Waals surface area contributed by atoms with E-state index >= 15 is 0 Å². The summed E-state index contributed by atoms with van der Waals surface area (Å²) in [5.41, 5.74) is 0. The largest absolute Gasteiger partial charge is 0.481 e. The molecule has 8 heteroatoms. The Morgan fingerprint density at radius 3 is 2.73 bits per heavy atom. The molecule has 1 aromatic heterocycles. The van der Waals surface area contributed by atoms with E-state index in [2.05, 4.69) is 9.72 Å². The third-order valence-corrected chi connectivity index (χ3v) is 2.96. The minimum absolute atomic E-state index is 0.0277. The molecule has 0 aliphatic rings. The minimum Gasteiger partial charge on any atom is -0.481 e. The van der Waals surface area contributed by atoms with Gasteiger partial charge in [-0.15, -0.1) is 0 Å². The lowest BCUT2D eigenvalue weighted by atomic mass is 10.2. The van der Waals surface area contributed by atoms with Crippen LogP contribution in [0, 0.1) is 0 Å². The van der Waals surface area contributed by atoms with Crippen molar-refractivity contribution in [1.29, 1.82) is 0 Å². The summed E-state index contributed by atoms with van der Waals surface area (Å²) in [5.74, 6) is -5.14. The molecule has 1 rings (SSSR count). The van der Waals surface area contributed by atoms with Gasteiger partial charge in [-0.1, -0.05) is 22.9 Å². The van der Waals surface area contributed by atoms with E-state index in [1.165, 1.54) is 7.11 Å². The summed E-state index contributed by atoms with van der Waals surface area (Å²) in [6, 6.07) is 0. The Morgan fingerprint density at radius 2 is 2.33 bits per heavy atom. The Balaban J connectivity index is 3.02. The van der Waals surface area contributed by atoms with E-state index in [1.54, 1.807) is 0 Å². The van der Waals surface area contributed by atoms with Crippen LogP contribution in [0.5, 0.6) is 5.19 Å². The molecule has 0 fully saturated rings. The molecule has 4 nitrogen and oxygen atoms in total. The standard InChI is InChI=1S/C7H6ClF2NO3S/c1-14-6-11-5(8)4(15-6)7(9,10)2-3(12)13/h2H2,1H3,(H,12,13). The zero-order valence-corrected chi connectivity index (χ0v) is 9.03. The summed E-state index contributed by atoms with van der Waals surface area (Å²) in [4.78, 5) is 13.1. The van der Waals surface area contributed by atoms with Crippen molar-refractivity contribution in [2.45, 2.75) is 12.3 Å². The van der Waals surface area contributed by atoms with Gasteiger partial charge in [0.25, 0.3) is 11.1 Å². The van der Waals surface area contributed by atoms with Gasteiger partial charge in [0.05, 0.1) is 7.11 Å². The van der Waals surface area contributed by atoms with Gasteiger partial charge in [0, 0.05) is 0 Å². The topological polar surface area (TPSA) is 59.4 Å². The van der Waals surface area contributed by atoms with Crippen LogP contribution >= 0.6 is 22.9 Å². The summed E-state index contributed by atoms with van der Waals surface area (Å²) < 4.78 is 31.2. The van der Waals surface area contributed by atoms with E-state index in [1.807, 2.05) is 0 Å². The number of ether oxygens (including phenoxy) is 1. The molecule has 84 valence electrons. The average molecular weight is 258 g/mol. The van der Waals surface area contributed by atoms with Crippen molar-refractivity contribution in [1.82, 2.24) is 4.98 Å². The number of aromatic nitrogens is 1. The molecule has 0 aromatic carbocycles. The normalized spacial score (nSPS) is 11.5. The highest BCUT2D eigenvalue weighted by Crippen LogP contribution is 2.42. The van der Waals surface area contributed by atoms with Crippen LogP contribution in [0.4, 0.5) is 8.78 Å². The van der Waals surface area contributed by atoms with E-state index in [-0.39, 0.29) is 5.19 Å². The van der Waals surface area contributed by atoms with Gasteiger partial charge in [-0.2, -0.15) is 13.8 Å². The second-order valence-corrected chi connectivity index (χ2v) is 3.90. The number of halogens is 3. The minimum atomic E-state index is -3.53. The Kier molecular flexibility index (Phi) is 3.46. The zero-order valence-electron chi connectivity index (χ0n) is 7.46. The molecule has 0 amide bonds. The number of carboxylic acid groups (broad SMARTS) is 1. The van der Waals surface area contributed by atoms with Gasteiger partial charge in [0.1, 0.15) is 11.3 Å². The van der Waals surface area contributed by atoms with E-state index in [0.29, 0.717) is 11.3 Å². The summed E-state index contributed by atoms with van der Waals surface area (Å²) in [5, 5.41) is 7.84. The van der Waals surface area contributed by atoms with Gasteiger partial charge in [0.2, 0.25) is 0 Å². The molecule has 1 aromatic rings. The fourth-order valence-corrected chi connectivity index (χ4v) is 1.99. The van der Waals surface area contributed by atoms with Crippen LogP contribution in [-0.4, -0.2) is 23.2 Å². The highest BCUT2D eigenvalue weighted by atomic mass is 35.5. The number of rotatable bonds is 4. The van der Waals surface area contributed by atoms with Crippen molar-refractivity contribution in [3.63, 3.8) is 0 Å². The maximum atomic E-state index is 13.3. The van der Waals surface area contributed by atoms with Gasteiger partial charge in [-0.25, -0.2) is 0 Å². The summed E-state index contributed by atoms with van der Waals surface area (Å²) in [6.45, 7) is 0. The number of hydrogen-bond donors (Lipinski definition) is 1. The van der Waals surface area contributed by atoms with Gasteiger partial charge in [0.15, 0.2) is 5.15 Å². The molecule has 0 radical (unpaired) electrons. The molecule has 1 heterocycles. The lowest BCUT2D eigenvalue weighted by Crippen LogP contribution is -2.17. The molecular formula is C7H6ClF2NO3S. The molecule has 1 N–H and O–H groups in total. The second-order valence-electron chi connectivity index (χ2n) is 2.58. The molecular weight excluding hydrogens is 252 g/mol. The lowest BCUT2D eigenvalue weighted by Gasteiger charge is -2.10. The Bertz CT molecular complexity index is 382. The number of hydrogen-bond acceptors (Lipinski definition) is 4. The Labute approximate surface area is 92.5 Å². The molecule has 0 aliphatic carbocycles. The van der Waals surface area contributed by atoms with Gasteiger partial charge < -0.3 is 9.84 Å². The van der Waals surface area contributed by atoms with Crippen LogP contribution in [0.15, 0.2) is 0 Å². The van der Waals surface area contributed by atoms with E-state index < -0.39 is 28.3 Å². The molecule has 0 atom stereocenters. The summed E-state index contributed by atoms with van der Waals surface area (Å²) in [6.07, 6.45) is -1.32. The second kappa shape index (κ2) is 4.28. The number of thiazole rings is 1. The van der Waals surface area contributed by atoms with Crippen molar-refractivity contribution < 1.29 is 23.4 Å². The van der Waals surface area contributed by atoms with Crippen LogP contribution in [0.1, 0.15) is 11.3 Å². The highest BCUT2D eigenvalue weighted by molar-refractivity contribution is 7.14. The first kappa shape index (κ1) is 12.1. The van der Waals surface area contributed by atoms with Crippen molar-refractivity contribution in [2.75, 3.05) is 7.11 Å². The molecule has 0 spiro atoms. The molecule has 0 bridgehead atoms. The van der Waals surface area contributed by atoms with Crippen LogP contribution < -0.4 is 4.74 Å². The highest BCUT2D eigenvalue weighted by Gasteiger charge is 2.39. The third-order valence-electron chi connectivity index (χ3n) is 1.45. The van der Waals surface area contributed by atoms with Crippen LogP contribution in [0.25, 0.3) is 0 Å². The smallest absolute Gasteiger partial charge is 0.309 e. The monoisotopic (exact) mass is 257 g/mol. The van der Waals surface area contributed by atoms with Crippen LogP contribution in [0.3, 0.4) is 0 Å². The fraction of sp³-hybridized carbons (Fsp3) is 0.429. The average Bonchev–Trinajstić information content (AvgIpc) is 2.45. The van der Waals surface area contributed by atoms with Gasteiger partial charge in [-0.05, 0) is 0 Å². The van der Waals surface area contributed by atoms with E-state index in [9.17, 15) is 13.6 Å². The molecule has 0 aliphatic heterocycles. The SMILES string of the molecule is COc1nc(Cl)c(C(F)(F)CC(=O)O)s1. The first-order chi connectivity index (χ1) is 6.86. The van der Waals surface area contributed by atoms with Crippen LogP contribution in [0.2, 0.25) is 5.15 Å². The predicted octanol–water partition coefficient (Wildman–Crippen LogP) is 2.37. The molecule has 0 saturated carbocycles. The first-order valence-electron chi connectivity index (χ1n) is 3.67. The first-order valence-corrected chi connectivity index (χ1v) is 4.86. The predicted molar refractivity (Wildman–Crippen MR) is 49.8 cm³/mol. The quantitative estimate of drug-likeness (QED) is 0.900. The number of methoxy groups -OCH3 is 1. The number of carbonyl (C=O) groups is 1. The summed E-state index contributed by atoms with van der Waals surface area (Å²) >= 11 is 5.97. The van der Waals surface area contributed by atoms with Gasteiger partial charge >= 0.3 is 5.97 Å². The Hall–Kier alpha value is -0.950. The maximum Gasteiger partial charge on any atom is 0.309 e. The van der Waals surface area contributed by atoms with Crippen molar-refractivity contribution >= 4 is 28.9 Å². The van der Waals surface area contributed by atoms with Gasteiger partial charge in [-0.3, -0.25) is 4.79 Å². The lowest BCUT2D eigenvalue weighted by molar-refractivity contribution is -0.145. The third kappa shape index (κ3) is 2.75. The Morgan fingerprint density at radius 1 is 1.73 bits per heavy atom. The maximum absolute atomic E-state index is 13.3. The van der Waals surface area contributed by atoms with E-state index in [0.717, 1.165) is 0 Å². The zero-order chi connectivity index (χ0) is 11.6. The number of nitrogens with zero attached hydrogens (tertiary/aromatic N) is 1. The van der Waals surface area contributed by atoms with Crippen LogP contribution in [-0.2, 0) is 10.7 Å². The van der Waals surface area contributed by atoms with Crippen molar-refractivity contribution in [3.8, 4) is 5.19 Å². The molecule has 0 unspecified atom stereocenters.